The summed E-state index contributed by atoms with van der Waals surface area (Å²) in [4.78, 5) is 0. The number of rotatable bonds is 0. The lowest BCUT2D eigenvalue weighted by Gasteiger charge is -1.88. The van der Waals surface area contributed by atoms with E-state index < -0.39 is 0 Å². The lowest BCUT2D eigenvalue weighted by Crippen LogP contribution is -1.70. The molecule has 21 heavy (non-hydrogen) atoms. The number of benzene rings is 2. The van der Waals surface area contributed by atoms with Gasteiger partial charge in [-0.25, -0.2) is 0 Å². The quantitative estimate of drug-likeness (QED) is 0.500. The summed E-state index contributed by atoms with van der Waals surface area (Å²) in [5, 5.41) is 1.20. The first-order valence-corrected chi connectivity index (χ1v) is 7.21. The first-order valence-electron chi connectivity index (χ1n) is 7.21. The third kappa shape index (κ3) is 3.14. The molecule has 0 bridgehead atoms. The van der Waals surface area contributed by atoms with Crippen molar-refractivity contribution in [2.45, 2.75) is 13.3 Å². The SMILES string of the molecule is C1=Cc2oc3ccccc3c2C=CC1.Cc1ccccc1. The van der Waals surface area contributed by atoms with E-state index in [2.05, 4.69) is 49.4 Å². The van der Waals surface area contributed by atoms with E-state index in [-0.39, 0.29) is 0 Å². The van der Waals surface area contributed by atoms with Crippen LogP contribution in [0.5, 0.6) is 0 Å². The van der Waals surface area contributed by atoms with Gasteiger partial charge in [-0.1, -0.05) is 72.3 Å². The number of fused-ring (bicyclic) bond motifs is 3. The Morgan fingerprint density at radius 3 is 2.29 bits per heavy atom. The Bertz CT molecular complexity index is 776. The minimum atomic E-state index is 0.966. The van der Waals surface area contributed by atoms with E-state index in [1.807, 2.05) is 36.4 Å². The Labute approximate surface area is 125 Å². The monoisotopic (exact) mass is 274 g/mol. The minimum absolute atomic E-state index is 0.966. The second-order valence-corrected chi connectivity index (χ2v) is 5.07. The van der Waals surface area contributed by atoms with Crippen molar-refractivity contribution in [1.29, 1.82) is 0 Å². The van der Waals surface area contributed by atoms with Crippen molar-refractivity contribution in [3.05, 3.63) is 83.6 Å². The van der Waals surface area contributed by atoms with Crippen LogP contribution in [-0.2, 0) is 0 Å². The van der Waals surface area contributed by atoms with Crippen LogP contribution in [0.2, 0.25) is 0 Å². The number of hydrogen-bond acceptors (Lipinski definition) is 1. The predicted octanol–water partition coefficient (Wildman–Crippen LogP) is 5.86. The summed E-state index contributed by atoms with van der Waals surface area (Å²) in [5.74, 6) is 0.972. The lowest BCUT2D eigenvalue weighted by atomic mass is 10.1. The summed E-state index contributed by atoms with van der Waals surface area (Å²) in [6.07, 6.45) is 9.45. The van der Waals surface area contributed by atoms with Crippen molar-refractivity contribution in [3.8, 4) is 0 Å². The summed E-state index contributed by atoms with van der Waals surface area (Å²) in [5.41, 5.74) is 3.49. The highest BCUT2D eigenvalue weighted by Crippen LogP contribution is 2.29. The maximum Gasteiger partial charge on any atom is 0.135 e. The molecule has 0 saturated heterocycles. The van der Waals surface area contributed by atoms with Crippen LogP contribution in [0.3, 0.4) is 0 Å². The molecule has 4 rings (SSSR count). The Morgan fingerprint density at radius 2 is 1.52 bits per heavy atom. The second-order valence-electron chi connectivity index (χ2n) is 5.07. The molecule has 1 heteroatoms. The van der Waals surface area contributed by atoms with Gasteiger partial charge in [-0.15, -0.1) is 0 Å². The van der Waals surface area contributed by atoms with Crippen LogP contribution in [0.15, 0.2) is 71.2 Å². The Kier molecular flexibility index (Phi) is 4.02. The van der Waals surface area contributed by atoms with Gasteiger partial charge in [0.1, 0.15) is 11.3 Å². The maximum absolute atomic E-state index is 5.73. The first-order chi connectivity index (χ1) is 10.3. The maximum atomic E-state index is 5.73. The van der Waals surface area contributed by atoms with Crippen molar-refractivity contribution in [2.75, 3.05) is 0 Å². The Hall–Kier alpha value is -2.54. The van der Waals surface area contributed by atoms with Gasteiger partial charge >= 0.3 is 0 Å². The molecule has 0 aliphatic heterocycles. The van der Waals surface area contributed by atoms with Crippen LogP contribution < -0.4 is 0 Å². The molecule has 3 aromatic rings. The fraction of sp³-hybridized carbons (Fsp3) is 0.100. The molecular weight excluding hydrogens is 256 g/mol. The van der Waals surface area contributed by atoms with Gasteiger partial charge in [-0.05, 0) is 25.5 Å². The molecule has 1 aliphatic rings. The highest BCUT2D eigenvalue weighted by atomic mass is 16.3. The highest BCUT2D eigenvalue weighted by molar-refractivity contribution is 5.91. The molecule has 0 N–H and O–H groups in total. The van der Waals surface area contributed by atoms with Gasteiger partial charge in [-0.3, -0.25) is 0 Å². The van der Waals surface area contributed by atoms with Gasteiger partial charge in [-0.2, -0.15) is 0 Å². The molecule has 0 spiro atoms. The average molecular weight is 274 g/mol. The molecule has 0 unspecified atom stereocenters. The van der Waals surface area contributed by atoms with E-state index >= 15 is 0 Å². The fourth-order valence-electron chi connectivity index (χ4n) is 2.35. The van der Waals surface area contributed by atoms with Crippen molar-refractivity contribution >= 4 is 23.1 Å². The number of furan rings is 1. The standard InChI is InChI=1S/C13H10O.C7H8/c1-2-6-10-11-7-4-5-9-13(11)14-12(10)8-3-1;1-7-5-3-2-4-6-7/h2-9H,1H2;2-6H,1H3. The third-order valence-corrected chi connectivity index (χ3v) is 3.43. The highest BCUT2D eigenvalue weighted by Gasteiger charge is 2.09. The van der Waals surface area contributed by atoms with Crippen LogP contribution in [-0.4, -0.2) is 0 Å². The second kappa shape index (κ2) is 6.27. The normalized spacial score (nSPS) is 12.4. The van der Waals surface area contributed by atoms with Crippen molar-refractivity contribution in [1.82, 2.24) is 0 Å². The van der Waals surface area contributed by atoms with Gasteiger partial charge in [0.05, 0.1) is 0 Å². The van der Waals surface area contributed by atoms with Crippen LogP contribution in [0.4, 0.5) is 0 Å². The van der Waals surface area contributed by atoms with Gasteiger partial charge in [0, 0.05) is 10.9 Å². The number of aryl methyl sites for hydroxylation is 1. The molecule has 0 saturated carbocycles. The van der Waals surface area contributed by atoms with E-state index in [0.717, 1.165) is 17.8 Å². The van der Waals surface area contributed by atoms with Gasteiger partial charge in [0.25, 0.3) is 0 Å². The van der Waals surface area contributed by atoms with Crippen LogP contribution in [0.25, 0.3) is 23.1 Å². The molecule has 1 nitrogen and oxygen atoms in total. The van der Waals surface area contributed by atoms with Crippen molar-refractivity contribution in [2.24, 2.45) is 0 Å². The zero-order chi connectivity index (χ0) is 14.5. The van der Waals surface area contributed by atoms with Gasteiger partial charge in [0.15, 0.2) is 0 Å². The number of para-hydroxylation sites is 1. The number of hydrogen-bond donors (Lipinski definition) is 0. The Balaban J connectivity index is 0.000000160. The van der Waals surface area contributed by atoms with Crippen molar-refractivity contribution in [3.63, 3.8) is 0 Å². The first kappa shape index (κ1) is 13.4. The Morgan fingerprint density at radius 1 is 0.810 bits per heavy atom. The smallest absolute Gasteiger partial charge is 0.135 e. The van der Waals surface area contributed by atoms with E-state index in [1.165, 1.54) is 16.5 Å². The summed E-state index contributed by atoms with van der Waals surface area (Å²) >= 11 is 0. The molecule has 0 amide bonds. The van der Waals surface area contributed by atoms with Gasteiger partial charge < -0.3 is 4.42 Å². The third-order valence-electron chi connectivity index (χ3n) is 3.43. The van der Waals surface area contributed by atoms with Crippen LogP contribution >= 0.6 is 0 Å². The number of allylic oxidation sites excluding steroid dienone is 2. The van der Waals surface area contributed by atoms with E-state index in [4.69, 9.17) is 4.42 Å². The minimum Gasteiger partial charge on any atom is -0.456 e. The molecule has 0 fully saturated rings. The fourth-order valence-corrected chi connectivity index (χ4v) is 2.35. The van der Waals surface area contributed by atoms with Crippen LogP contribution in [0.1, 0.15) is 23.3 Å². The largest absolute Gasteiger partial charge is 0.456 e. The predicted molar refractivity (Wildman–Crippen MR) is 90.1 cm³/mol. The van der Waals surface area contributed by atoms with E-state index in [0.29, 0.717) is 0 Å². The molecule has 1 heterocycles. The molecule has 1 aromatic heterocycles. The van der Waals surface area contributed by atoms with E-state index in [1.54, 1.807) is 0 Å². The van der Waals surface area contributed by atoms with Gasteiger partial charge in [0.2, 0.25) is 0 Å². The molecule has 1 aliphatic carbocycles. The molecule has 0 radical (unpaired) electrons. The zero-order valence-corrected chi connectivity index (χ0v) is 12.1. The molecule has 104 valence electrons. The molecule has 2 aromatic carbocycles. The lowest BCUT2D eigenvalue weighted by molar-refractivity contribution is 0.603. The summed E-state index contributed by atoms with van der Waals surface area (Å²) in [6.45, 7) is 2.08. The summed E-state index contributed by atoms with van der Waals surface area (Å²) in [6, 6.07) is 18.4. The average Bonchev–Trinajstić information content (AvgIpc) is 2.70. The summed E-state index contributed by atoms with van der Waals surface area (Å²) < 4.78 is 5.73. The van der Waals surface area contributed by atoms with Crippen LogP contribution in [0, 0.1) is 6.92 Å². The van der Waals surface area contributed by atoms with Crippen molar-refractivity contribution < 1.29 is 4.42 Å². The molecule has 0 atom stereocenters. The summed E-state index contributed by atoms with van der Waals surface area (Å²) in [7, 11) is 0. The zero-order valence-electron chi connectivity index (χ0n) is 12.1. The molecular formula is C20H18O. The van der Waals surface area contributed by atoms with E-state index in [9.17, 15) is 0 Å². The topological polar surface area (TPSA) is 13.1 Å².